The molecule has 0 fully saturated rings. The summed E-state index contributed by atoms with van der Waals surface area (Å²) in [4.78, 5) is 3.89. The van der Waals surface area contributed by atoms with E-state index in [1.807, 2.05) is 16.8 Å². The van der Waals surface area contributed by atoms with Crippen molar-refractivity contribution < 1.29 is 13.5 Å². The molecule has 102 valence electrons. The first-order chi connectivity index (χ1) is 9.09. The number of nitrogens with zero attached hydrogens (tertiary/aromatic N) is 1. The summed E-state index contributed by atoms with van der Waals surface area (Å²) in [6, 6.07) is 4.87. The number of nitrogens with one attached hydrogen (secondary N) is 1. The van der Waals surface area contributed by atoms with Crippen LogP contribution in [0, 0.1) is 0 Å². The average molecular weight is 298 g/mol. The zero-order chi connectivity index (χ0) is 13.7. The second-order valence-electron chi connectivity index (χ2n) is 3.95. The third-order valence-corrected chi connectivity index (χ3v) is 4.73. The van der Waals surface area contributed by atoms with Crippen LogP contribution in [0.1, 0.15) is 18.1 Å². The van der Waals surface area contributed by atoms with Gasteiger partial charge in [0.2, 0.25) is 10.0 Å². The lowest BCUT2D eigenvalue weighted by atomic mass is 10.1. The molecule has 0 aromatic carbocycles. The number of pyridine rings is 1. The maximum Gasteiger partial charge on any atom is 0.242 e. The molecule has 0 aliphatic heterocycles. The fourth-order valence-electron chi connectivity index (χ4n) is 1.55. The Morgan fingerprint density at radius 1 is 1.42 bits per heavy atom. The van der Waals surface area contributed by atoms with Crippen LogP contribution < -0.4 is 4.72 Å². The van der Waals surface area contributed by atoms with Crippen molar-refractivity contribution in [2.75, 3.05) is 6.54 Å². The lowest BCUT2D eigenvalue weighted by Crippen LogP contribution is -2.26. The zero-order valence-electron chi connectivity index (χ0n) is 10.1. The molecule has 1 atom stereocenters. The Morgan fingerprint density at radius 3 is 2.89 bits per heavy atom. The number of thiophene rings is 1. The molecule has 0 spiro atoms. The Kier molecular flexibility index (Phi) is 4.65. The van der Waals surface area contributed by atoms with Crippen LogP contribution in [0.2, 0.25) is 0 Å². The molecule has 2 aromatic heterocycles. The van der Waals surface area contributed by atoms with Crippen molar-refractivity contribution >= 4 is 21.4 Å². The zero-order valence-corrected chi connectivity index (χ0v) is 11.7. The monoisotopic (exact) mass is 298 g/mol. The van der Waals surface area contributed by atoms with Crippen LogP contribution in [0.25, 0.3) is 0 Å². The van der Waals surface area contributed by atoms with Gasteiger partial charge < -0.3 is 5.11 Å². The predicted molar refractivity (Wildman–Crippen MR) is 73.3 cm³/mol. The van der Waals surface area contributed by atoms with E-state index in [0.717, 1.165) is 5.56 Å². The van der Waals surface area contributed by atoms with E-state index in [1.54, 1.807) is 6.07 Å². The van der Waals surface area contributed by atoms with Gasteiger partial charge >= 0.3 is 0 Å². The van der Waals surface area contributed by atoms with Crippen LogP contribution in [0.4, 0.5) is 0 Å². The van der Waals surface area contributed by atoms with E-state index in [1.165, 1.54) is 29.8 Å². The minimum Gasteiger partial charge on any atom is -0.388 e. The number of aromatic nitrogens is 1. The highest BCUT2D eigenvalue weighted by molar-refractivity contribution is 7.89. The second-order valence-corrected chi connectivity index (χ2v) is 6.49. The van der Waals surface area contributed by atoms with Crippen LogP contribution in [-0.4, -0.2) is 25.1 Å². The maximum atomic E-state index is 11.9. The van der Waals surface area contributed by atoms with Gasteiger partial charge in [-0.25, -0.2) is 13.1 Å². The van der Waals surface area contributed by atoms with Gasteiger partial charge in [-0.15, -0.1) is 0 Å². The third kappa shape index (κ3) is 3.84. The Balaban J connectivity index is 1.89. The summed E-state index contributed by atoms with van der Waals surface area (Å²) in [6.07, 6.45) is 2.48. The lowest BCUT2D eigenvalue weighted by molar-refractivity contribution is 0.169. The third-order valence-electron chi connectivity index (χ3n) is 2.58. The molecule has 0 amide bonds. The van der Waals surface area contributed by atoms with E-state index in [-0.39, 0.29) is 11.4 Å². The Labute approximate surface area is 116 Å². The molecule has 19 heavy (non-hydrogen) atoms. The topological polar surface area (TPSA) is 79.3 Å². The van der Waals surface area contributed by atoms with Gasteiger partial charge in [-0.1, -0.05) is 0 Å². The van der Waals surface area contributed by atoms with Gasteiger partial charge in [-0.05, 0) is 40.9 Å². The van der Waals surface area contributed by atoms with E-state index in [9.17, 15) is 13.5 Å². The quantitative estimate of drug-likeness (QED) is 0.848. The number of aliphatic hydroxyl groups excluding tert-OH is 1. The molecule has 0 aliphatic carbocycles. The first-order valence-electron chi connectivity index (χ1n) is 5.69. The molecule has 0 saturated carbocycles. The first kappa shape index (κ1) is 14.1. The number of hydrogen-bond acceptors (Lipinski definition) is 5. The Bertz CT molecular complexity index is 597. The largest absolute Gasteiger partial charge is 0.388 e. The van der Waals surface area contributed by atoms with Crippen molar-refractivity contribution in [2.24, 2.45) is 0 Å². The Hall–Kier alpha value is -1.28. The summed E-state index contributed by atoms with van der Waals surface area (Å²) in [6.45, 7) is 0.175. The van der Waals surface area contributed by atoms with Gasteiger partial charge in [0.15, 0.2) is 0 Å². The number of rotatable bonds is 6. The van der Waals surface area contributed by atoms with E-state index >= 15 is 0 Å². The predicted octanol–water partition coefficient (Wildman–Crippen LogP) is 1.55. The molecule has 2 rings (SSSR count). The van der Waals surface area contributed by atoms with Gasteiger partial charge in [-0.3, -0.25) is 4.98 Å². The second kappa shape index (κ2) is 6.25. The summed E-state index contributed by atoms with van der Waals surface area (Å²) in [5, 5.41) is 13.6. The van der Waals surface area contributed by atoms with Crippen LogP contribution in [0.5, 0.6) is 0 Å². The van der Waals surface area contributed by atoms with Crippen molar-refractivity contribution in [1.29, 1.82) is 0 Å². The molecule has 0 unspecified atom stereocenters. The molecule has 7 heteroatoms. The number of sulfonamides is 1. The van der Waals surface area contributed by atoms with Gasteiger partial charge in [0, 0.05) is 18.9 Å². The van der Waals surface area contributed by atoms with Crippen LogP contribution >= 0.6 is 11.3 Å². The van der Waals surface area contributed by atoms with E-state index in [2.05, 4.69) is 9.71 Å². The van der Waals surface area contributed by atoms with E-state index in [0.29, 0.717) is 6.42 Å². The Morgan fingerprint density at radius 2 is 2.26 bits per heavy atom. The minimum atomic E-state index is -3.55. The van der Waals surface area contributed by atoms with Crippen molar-refractivity contribution in [3.8, 4) is 0 Å². The molecule has 0 aliphatic rings. The molecule has 2 heterocycles. The molecule has 0 saturated heterocycles. The van der Waals surface area contributed by atoms with Crippen molar-refractivity contribution in [2.45, 2.75) is 17.4 Å². The highest BCUT2D eigenvalue weighted by Crippen LogP contribution is 2.18. The standard InChI is InChI=1S/C12H14N2O3S2/c15-12(10-4-7-18-9-10)3-6-14-19(16,17)11-2-1-5-13-8-11/h1-2,4-5,7-9,12,14-15H,3,6H2/t12-/m0/s1. The van der Waals surface area contributed by atoms with Gasteiger partial charge in [-0.2, -0.15) is 11.3 Å². The molecule has 5 nitrogen and oxygen atoms in total. The highest BCUT2D eigenvalue weighted by atomic mass is 32.2. The first-order valence-corrected chi connectivity index (χ1v) is 8.12. The summed E-state index contributed by atoms with van der Waals surface area (Å²) in [7, 11) is -3.55. The summed E-state index contributed by atoms with van der Waals surface area (Å²) in [5.41, 5.74) is 0.811. The van der Waals surface area contributed by atoms with Gasteiger partial charge in [0.25, 0.3) is 0 Å². The fraction of sp³-hybridized carbons (Fsp3) is 0.250. The van der Waals surface area contributed by atoms with Crippen molar-refractivity contribution in [3.63, 3.8) is 0 Å². The average Bonchev–Trinajstić information content (AvgIpc) is 2.93. The van der Waals surface area contributed by atoms with Crippen molar-refractivity contribution in [1.82, 2.24) is 9.71 Å². The number of aliphatic hydroxyl groups is 1. The summed E-state index contributed by atoms with van der Waals surface area (Å²) < 4.78 is 26.2. The van der Waals surface area contributed by atoms with Gasteiger partial charge in [0.1, 0.15) is 4.90 Å². The molecule has 2 N–H and O–H groups in total. The number of hydrogen-bond donors (Lipinski definition) is 2. The fourth-order valence-corrected chi connectivity index (χ4v) is 3.27. The molecule has 0 radical (unpaired) electrons. The van der Waals surface area contributed by atoms with Crippen LogP contribution in [-0.2, 0) is 10.0 Å². The minimum absolute atomic E-state index is 0.125. The summed E-state index contributed by atoms with van der Waals surface area (Å²) >= 11 is 1.50. The van der Waals surface area contributed by atoms with E-state index in [4.69, 9.17) is 0 Å². The van der Waals surface area contributed by atoms with E-state index < -0.39 is 16.1 Å². The van der Waals surface area contributed by atoms with Crippen molar-refractivity contribution in [3.05, 3.63) is 46.9 Å². The lowest BCUT2D eigenvalue weighted by Gasteiger charge is -2.10. The molecule has 2 aromatic rings. The van der Waals surface area contributed by atoms with Gasteiger partial charge in [0.05, 0.1) is 6.10 Å². The normalized spacial score (nSPS) is 13.3. The maximum absolute atomic E-state index is 11.9. The van der Waals surface area contributed by atoms with Crippen LogP contribution in [0.15, 0.2) is 46.2 Å². The summed E-state index contributed by atoms with van der Waals surface area (Å²) in [5.74, 6) is 0. The van der Waals surface area contributed by atoms with Crippen LogP contribution in [0.3, 0.4) is 0 Å². The smallest absolute Gasteiger partial charge is 0.242 e. The molecular formula is C12H14N2O3S2. The highest BCUT2D eigenvalue weighted by Gasteiger charge is 2.14. The molecular weight excluding hydrogens is 284 g/mol. The SMILES string of the molecule is O=S(=O)(NCC[C@H](O)c1ccsc1)c1cccnc1. The molecule has 0 bridgehead atoms.